The topological polar surface area (TPSA) is 0 Å². The Labute approximate surface area is 104 Å². The Morgan fingerprint density at radius 1 is 1.12 bits per heavy atom. The summed E-state index contributed by atoms with van der Waals surface area (Å²) >= 11 is 0. The first-order valence-electron chi connectivity index (χ1n) is 7.58. The molecule has 0 saturated heterocycles. The first-order chi connectivity index (χ1) is 7.58. The van der Waals surface area contributed by atoms with Crippen LogP contribution in [0.2, 0.25) is 0 Å². The van der Waals surface area contributed by atoms with Crippen LogP contribution in [0, 0.1) is 23.2 Å². The summed E-state index contributed by atoms with van der Waals surface area (Å²) in [6.45, 7) is 16.1. The normalized spacial score (nSPS) is 31.1. The van der Waals surface area contributed by atoms with E-state index in [1.165, 1.54) is 32.1 Å². The minimum atomic E-state index is 0.683. The zero-order chi connectivity index (χ0) is 12.8. The largest absolute Gasteiger partial charge is 0.0683 e. The molecule has 0 aromatic heterocycles. The van der Waals surface area contributed by atoms with E-state index in [1.54, 1.807) is 0 Å². The SMILES string of the molecule is CC.CCC(C)C1(CC)CCCC1C(C)C. The Balaban J connectivity index is 0.00000106. The standard InChI is InChI=1S/C14H28.C2H6/c1-6-12(5)14(7-2)10-8-9-13(14)11(3)4;1-2/h11-13H,6-10H2,1-5H3;1-2H3. The van der Waals surface area contributed by atoms with Gasteiger partial charge in [-0.1, -0.05) is 61.3 Å². The maximum atomic E-state index is 2.48. The molecule has 1 fully saturated rings. The third-order valence-corrected chi connectivity index (χ3v) is 4.95. The zero-order valence-electron chi connectivity index (χ0n) is 12.8. The predicted molar refractivity (Wildman–Crippen MR) is 75.7 cm³/mol. The molecule has 98 valence electrons. The summed E-state index contributed by atoms with van der Waals surface area (Å²) in [4.78, 5) is 0. The summed E-state index contributed by atoms with van der Waals surface area (Å²) < 4.78 is 0. The second-order valence-electron chi connectivity index (χ2n) is 5.64. The molecule has 1 rings (SSSR count). The Morgan fingerprint density at radius 2 is 1.69 bits per heavy atom. The molecule has 16 heavy (non-hydrogen) atoms. The lowest BCUT2D eigenvalue weighted by Gasteiger charge is -2.42. The van der Waals surface area contributed by atoms with Crippen LogP contribution in [0.15, 0.2) is 0 Å². The molecule has 0 N–H and O–H groups in total. The van der Waals surface area contributed by atoms with E-state index in [1.807, 2.05) is 13.8 Å². The van der Waals surface area contributed by atoms with E-state index < -0.39 is 0 Å². The second-order valence-corrected chi connectivity index (χ2v) is 5.64. The van der Waals surface area contributed by atoms with Crippen LogP contribution < -0.4 is 0 Å². The molecular formula is C16H34. The predicted octanol–water partition coefficient (Wildman–Crippen LogP) is 5.91. The van der Waals surface area contributed by atoms with Crippen molar-refractivity contribution >= 4 is 0 Å². The highest BCUT2D eigenvalue weighted by molar-refractivity contribution is 4.95. The molecule has 0 bridgehead atoms. The van der Waals surface area contributed by atoms with Gasteiger partial charge in [0.2, 0.25) is 0 Å². The Bertz CT molecular complexity index is 171. The average Bonchev–Trinajstić information content (AvgIpc) is 2.75. The van der Waals surface area contributed by atoms with E-state index in [0.29, 0.717) is 5.41 Å². The Hall–Kier alpha value is 0. The van der Waals surface area contributed by atoms with E-state index in [4.69, 9.17) is 0 Å². The van der Waals surface area contributed by atoms with Crippen molar-refractivity contribution in [1.29, 1.82) is 0 Å². The van der Waals surface area contributed by atoms with Crippen LogP contribution in [0.3, 0.4) is 0 Å². The fraction of sp³-hybridized carbons (Fsp3) is 1.00. The summed E-state index contributed by atoms with van der Waals surface area (Å²) in [5, 5.41) is 0. The van der Waals surface area contributed by atoms with Crippen LogP contribution in [-0.4, -0.2) is 0 Å². The number of rotatable bonds is 4. The quantitative estimate of drug-likeness (QED) is 0.559. The van der Waals surface area contributed by atoms with Crippen molar-refractivity contribution in [3.63, 3.8) is 0 Å². The summed E-state index contributed by atoms with van der Waals surface area (Å²) in [5.41, 5.74) is 0.683. The van der Waals surface area contributed by atoms with Crippen LogP contribution in [0.4, 0.5) is 0 Å². The molecule has 0 heteroatoms. The van der Waals surface area contributed by atoms with Gasteiger partial charge in [-0.15, -0.1) is 0 Å². The van der Waals surface area contributed by atoms with Crippen molar-refractivity contribution in [2.24, 2.45) is 23.2 Å². The van der Waals surface area contributed by atoms with Gasteiger partial charge in [0.05, 0.1) is 0 Å². The molecular weight excluding hydrogens is 192 g/mol. The van der Waals surface area contributed by atoms with Crippen LogP contribution in [0.1, 0.15) is 80.6 Å². The van der Waals surface area contributed by atoms with Crippen molar-refractivity contribution in [1.82, 2.24) is 0 Å². The summed E-state index contributed by atoms with van der Waals surface area (Å²) in [6.07, 6.45) is 7.19. The van der Waals surface area contributed by atoms with Gasteiger partial charge >= 0.3 is 0 Å². The zero-order valence-corrected chi connectivity index (χ0v) is 12.8. The lowest BCUT2D eigenvalue weighted by Crippen LogP contribution is -2.34. The van der Waals surface area contributed by atoms with Gasteiger partial charge in [-0.05, 0) is 42.4 Å². The molecule has 1 saturated carbocycles. The van der Waals surface area contributed by atoms with Gasteiger partial charge in [0.15, 0.2) is 0 Å². The first-order valence-corrected chi connectivity index (χ1v) is 7.58. The average molecular weight is 226 g/mol. The first kappa shape index (κ1) is 16.0. The molecule has 1 aliphatic rings. The molecule has 0 radical (unpaired) electrons. The summed E-state index contributed by atoms with van der Waals surface area (Å²) in [6, 6.07) is 0. The van der Waals surface area contributed by atoms with Gasteiger partial charge in [0.1, 0.15) is 0 Å². The van der Waals surface area contributed by atoms with Gasteiger partial charge in [-0.2, -0.15) is 0 Å². The van der Waals surface area contributed by atoms with Crippen LogP contribution in [0.25, 0.3) is 0 Å². The molecule has 3 unspecified atom stereocenters. The highest BCUT2D eigenvalue weighted by Crippen LogP contribution is 2.54. The molecule has 0 aromatic carbocycles. The number of hydrogen-bond donors (Lipinski definition) is 0. The Kier molecular flexibility index (Phi) is 7.35. The van der Waals surface area contributed by atoms with Crippen LogP contribution in [-0.2, 0) is 0 Å². The fourth-order valence-corrected chi connectivity index (χ4v) is 3.93. The van der Waals surface area contributed by atoms with Gasteiger partial charge in [0.25, 0.3) is 0 Å². The van der Waals surface area contributed by atoms with Crippen molar-refractivity contribution in [2.45, 2.75) is 80.6 Å². The van der Waals surface area contributed by atoms with E-state index >= 15 is 0 Å². The van der Waals surface area contributed by atoms with E-state index in [2.05, 4.69) is 34.6 Å². The molecule has 0 heterocycles. The lowest BCUT2D eigenvalue weighted by atomic mass is 9.63. The van der Waals surface area contributed by atoms with Crippen LogP contribution >= 0.6 is 0 Å². The van der Waals surface area contributed by atoms with Crippen molar-refractivity contribution in [2.75, 3.05) is 0 Å². The molecule has 0 aromatic rings. The van der Waals surface area contributed by atoms with E-state index in [9.17, 15) is 0 Å². The number of hydrogen-bond acceptors (Lipinski definition) is 0. The van der Waals surface area contributed by atoms with Crippen molar-refractivity contribution < 1.29 is 0 Å². The maximum absolute atomic E-state index is 2.48. The minimum absolute atomic E-state index is 0.683. The summed E-state index contributed by atoms with van der Waals surface area (Å²) in [7, 11) is 0. The van der Waals surface area contributed by atoms with Gasteiger partial charge in [-0.3, -0.25) is 0 Å². The molecule has 0 spiro atoms. The lowest BCUT2D eigenvalue weighted by molar-refractivity contribution is 0.0707. The van der Waals surface area contributed by atoms with Crippen molar-refractivity contribution in [3.05, 3.63) is 0 Å². The third-order valence-electron chi connectivity index (χ3n) is 4.95. The Morgan fingerprint density at radius 3 is 2.06 bits per heavy atom. The van der Waals surface area contributed by atoms with Crippen molar-refractivity contribution in [3.8, 4) is 0 Å². The van der Waals surface area contributed by atoms with Gasteiger partial charge in [-0.25, -0.2) is 0 Å². The smallest absolute Gasteiger partial charge is 0.0244 e. The van der Waals surface area contributed by atoms with E-state index in [0.717, 1.165) is 17.8 Å². The monoisotopic (exact) mass is 226 g/mol. The molecule has 1 aliphatic carbocycles. The highest BCUT2D eigenvalue weighted by atomic mass is 14.5. The third kappa shape index (κ3) is 3.02. The maximum Gasteiger partial charge on any atom is -0.0244 e. The minimum Gasteiger partial charge on any atom is -0.0683 e. The molecule has 0 nitrogen and oxygen atoms in total. The summed E-state index contributed by atoms with van der Waals surface area (Å²) in [5.74, 6) is 2.79. The molecule has 0 amide bonds. The molecule has 3 atom stereocenters. The second kappa shape index (κ2) is 7.35. The van der Waals surface area contributed by atoms with Crippen LogP contribution in [0.5, 0.6) is 0 Å². The van der Waals surface area contributed by atoms with Gasteiger partial charge < -0.3 is 0 Å². The fourth-order valence-electron chi connectivity index (χ4n) is 3.93. The highest BCUT2D eigenvalue weighted by Gasteiger charge is 2.45. The van der Waals surface area contributed by atoms with E-state index in [-0.39, 0.29) is 0 Å². The molecule has 0 aliphatic heterocycles. The van der Waals surface area contributed by atoms with Gasteiger partial charge in [0, 0.05) is 0 Å².